The Morgan fingerprint density at radius 2 is 1.62 bits per heavy atom. The summed E-state index contributed by atoms with van der Waals surface area (Å²) in [4.78, 5) is 14.4. The molecule has 0 unspecified atom stereocenters. The number of halogens is 2. The number of benzene rings is 1. The molecule has 116 valence electrons. The van der Waals surface area contributed by atoms with Crippen molar-refractivity contribution in [1.82, 2.24) is 4.90 Å². The second kappa shape index (κ2) is 7.87. The van der Waals surface area contributed by atoms with E-state index in [1.165, 1.54) is 19.3 Å². The highest BCUT2D eigenvalue weighted by Gasteiger charge is 2.15. The predicted molar refractivity (Wildman–Crippen MR) is 89.0 cm³/mol. The zero-order chi connectivity index (χ0) is 15.2. The van der Waals surface area contributed by atoms with Crippen LogP contribution in [0.15, 0.2) is 12.1 Å². The Balaban J connectivity index is 1.95. The van der Waals surface area contributed by atoms with Gasteiger partial charge in [0, 0.05) is 5.69 Å². The standard InChI is InChI=1S/C15H21Cl2N3O/c16-12-8-11(18)9-13(17)15(12)19-14(21)10-20-6-4-2-1-3-5-7-20/h8-9H,1-7,10,18H2,(H,19,21). The largest absolute Gasteiger partial charge is 0.399 e. The van der Waals surface area contributed by atoms with Crippen LogP contribution in [0.5, 0.6) is 0 Å². The number of likely N-dealkylation sites (tertiary alicyclic amines) is 1. The Hall–Kier alpha value is -0.970. The van der Waals surface area contributed by atoms with Gasteiger partial charge in [-0.05, 0) is 38.1 Å². The lowest BCUT2D eigenvalue weighted by molar-refractivity contribution is -0.117. The maximum absolute atomic E-state index is 12.2. The van der Waals surface area contributed by atoms with Crippen molar-refractivity contribution in [2.75, 3.05) is 30.7 Å². The molecule has 1 amide bonds. The molecule has 0 atom stereocenters. The minimum absolute atomic E-state index is 0.0934. The summed E-state index contributed by atoms with van der Waals surface area (Å²) in [6.07, 6.45) is 6.09. The van der Waals surface area contributed by atoms with Crippen LogP contribution in [0.2, 0.25) is 10.0 Å². The Morgan fingerprint density at radius 3 is 2.19 bits per heavy atom. The highest BCUT2D eigenvalue weighted by molar-refractivity contribution is 6.40. The topological polar surface area (TPSA) is 58.4 Å². The van der Waals surface area contributed by atoms with Gasteiger partial charge < -0.3 is 11.1 Å². The van der Waals surface area contributed by atoms with Gasteiger partial charge in [0.2, 0.25) is 5.91 Å². The third-order valence-electron chi connectivity index (χ3n) is 3.64. The molecule has 1 saturated heterocycles. The van der Waals surface area contributed by atoms with E-state index < -0.39 is 0 Å². The lowest BCUT2D eigenvalue weighted by atomic mass is 10.1. The van der Waals surface area contributed by atoms with Gasteiger partial charge in [0.05, 0.1) is 22.3 Å². The zero-order valence-corrected chi connectivity index (χ0v) is 13.5. The molecule has 0 spiro atoms. The van der Waals surface area contributed by atoms with Gasteiger partial charge in [-0.3, -0.25) is 9.69 Å². The number of carbonyl (C=O) groups excluding carboxylic acids is 1. The summed E-state index contributed by atoms with van der Waals surface area (Å²) in [5, 5.41) is 3.51. The second-order valence-corrected chi connectivity index (χ2v) is 6.27. The van der Waals surface area contributed by atoms with E-state index in [-0.39, 0.29) is 5.91 Å². The van der Waals surface area contributed by atoms with Gasteiger partial charge in [-0.15, -0.1) is 0 Å². The van der Waals surface area contributed by atoms with Gasteiger partial charge in [0.15, 0.2) is 0 Å². The molecule has 4 nitrogen and oxygen atoms in total. The van der Waals surface area contributed by atoms with Crippen molar-refractivity contribution in [3.8, 4) is 0 Å². The maximum atomic E-state index is 12.2. The first kappa shape index (κ1) is 16.4. The lowest BCUT2D eigenvalue weighted by Gasteiger charge is -2.24. The summed E-state index contributed by atoms with van der Waals surface area (Å²) >= 11 is 12.2. The number of hydrogen-bond donors (Lipinski definition) is 2. The summed E-state index contributed by atoms with van der Waals surface area (Å²) in [7, 11) is 0. The molecule has 1 aliphatic rings. The number of anilines is 2. The monoisotopic (exact) mass is 329 g/mol. The fraction of sp³-hybridized carbons (Fsp3) is 0.533. The van der Waals surface area contributed by atoms with Crippen LogP contribution in [-0.2, 0) is 4.79 Å². The molecule has 1 aliphatic heterocycles. The van der Waals surface area contributed by atoms with Crippen LogP contribution < -0.4 is 11.1 Å². The summed E-state index contributed by atoms with van der Waals surface area (Å²) < 4.78 is 0. The maximum Gasteiger partial charge on any atom is 0.238 e. The minimum Gasteiger partial charge on any atom is -0.399 e. The molecular weight excluding hydrogens is 309 g/mol. The molecule has 2 rings (SSSR count). The third-order valence-corrected chi connectivity index (χ3v) is 4.24. The Morgan fingerprint density at radius 1 is 1.10 bits per heavy atom. The summed E-state index contributed by atoms with van der Waals surface area (Å²) in [5.41, 5.74) is 6.56. The number of nitrogens with two attached hydrogens (primary N) is 1. The Kier molecular flexibility index (Phi) is 6.15. The quantitative estimate of drug-likeness (QED) is 0.829. The number of hydrogen-bond acceptors (Lipinski definition) is 3. The Bertz CT molecular complexity index is 477. The molecule has 21 heavy (non-hydrogen) atoms. The highest BCUT2D eigenvalue weighted by Crippen LogP contribution is 2.32. The van der Waals surface area contributed by atoms with Gasteiger partial charge in [-0.2, -0.15) is 0 Å². The number of nitrogens with zero attached hydrogens (tertiary/aromatic N) is 1. The third kappa shape index (κ3) is 5.06. The second-order valence-electron chi connectivity index (χ2n) is 5.45. The molecule has 1 heterocycles. The average Bonchev–Trinajstić information content (AvgIpc) is 2.37. The van der Waals surface area contributed by atoms with E-state index in [0.29, 0.717) is 28.0 Å². The van der Waals surface area contributed by atoms with Crippen LogP contribution in [-0.4, -0.2) is 30.4 Å². The lowest BCUT2D eigenvalue weighted by Crippen LogP contribution is -2.35. The molecule has 0 saturated carbocycles. The fourth-order valence-corrected chi connectivity index (χ4v) is 3.16. The normalized spacial score (nSPS) is 17.0. The van der Waals surface area contributed by atoms with Gasteiger partial charge in [0.25, 0.3) is 0 Å². The molecule has 1 aromatic carbocycles. The number of nitrogens with one attached hydrogen (secondary N) is 1. The van der Waals surface area contributed by atoms with Crippen LogP contribution in [0, 0.1) is 0 Å². The SMILES string of the molecule is Nc1cc(Cl)c(NC(=O)CN2CCCCCCC2)c(Cl)c1. The smallest absolute Gasteiger partial charge is 0.238 e. The van der Waals surface area contributed by atoms with Crippen molar-refractivity contribution < 1.29 is 4.79 Å². The molecule has 3 N–H and O–H groups in total. The van der Waals surface area contributed by atoms with E-state index in [1.54, 1.807) is 12.1 Å². The van der Waals surface area contributed by atoms with Crippen LogP contribution in [0.25, 0.3) is 0 Å². The first-order chi connectivity index (χ1) is 10.1. The molecule has 0 radical (unpaired) electrons. The molecule has 1 fully saturated rings. The van der Waals surface area contributed by atoms with E-state index in [2.05, 4.69) is 10.2 Å². The Labute approximate surface area is 135 Å². The van der Waals surface area contributed by atoms with E-state index in [4.69, 9.17) is 28.9 Å². The molecular formula is C15H21Cl2N3O. The molecule has 6 heteroatoms. The summed E-state index contributed by atoms with van der Waals surface area (Å²) in [6, 6.07) is 3.16. The van der Waals surface area contributed by atoms with Gasteiger partial charge in [-0.1, -0.05) is 42.5 Å². The van der Waals surface area contributed by atoms with Crippen molar-refractivity contribution in [1.29, 1.82) is 0 Å². The number of rotatable bonds is 3. The number of nitrogen functional groups attached to an aromatic ring is 1. The molecule has 0 aliphatic carbocycles. The van der Waals surface area contributed by atoms with Crippen molar-refractivity contribution >= 4 is 40.5 Å². The van der Waals surface area contributed by atoms with Crippen molar-refractivity contribution in [3.63, 3.8) is 0 Å². The first-order valence-electron chi connectivity index (χ1n) is 7.33. The zero-order valence-electron chi connectivity index (χ0n) is 12.0. The molecule has 0 aromatic heterocycles. The van der Waals surface area contributed by atoms with Crippen molar-refractivity contribution in [2.24, 2.45) is 0 Å². The van der Waals surface area contributed by atoms with Crippen molar-refractivity contribution in [2.45, 2.75) is 32.1 Å². The fourth-order valence-electron chi connectivity index (χ4n) is 2.57. The summed E-state index contributed by atoms with van der Waals surface area (Å²) in [5.74, 6) is -0.0934. The van der Waals surface area contributed by atoms with Gasteiger partial charge in [0.1, 0.15) is 0 Å². The predicted octanol–water partition coefficient (Wildman–Crippen LogP) is 3.78. The summed E-state index contributed by atoms with van der Waals surface area (Å²) in [6.45, 7) is 2.31. The van der Waals surface area contributed by atoms with Crippen LogP contribution in [0.1, 0.15) is 32.1 Å². The number of carbonyl (C=O) groups is 1. The minimum atomic E-state index is -0.0934. The van der Waals surface area contributed by atoms with Crippen molar-refractivity contribution in [3.05, 3.63) is 22.2 Å². The van der Waals surface area contributed by atoms with Crippen LogP contribution in [0.3, 0.4) is 0 Å². The van der Waals surface area contributed by atoms with Gasteiger partial charge in [-0.25, -0.2) is 0 Å². The molecule has 0 bridgehead atoms. The van der Waals surface area contributed by atoms with Gasteiger partial charge >= 0.3 is 0 Å². The highest BCUT2D eigenvalue weighted by atomic mass is 35.5. The van der Waals surface area contributed by atoms with Crippen LogP contribution in [0.4, 0.5) is 11.4 Å². The van der Waals surface area contributed by atoms with E-state index in [0.717, 1.165) is 25.9 Å². The van der Waals surface area contributed by atoms with E-state index >= 15 is 0 Å². The van der Waals surface area contributed by atoms with E-state index in [1.807, 2.05) is 0 Å². The van der Waals surface area contributed by atoms with E-state index in [9.17, 15) is 4.79 Å². The average molecular weight is 330 g/mol. The molecule has 1 aromatic rings. The van der Waals surface area contributed by atoms with Crippen LogP contribution >= 0.6 is 23.2 Å². The number of amides is 1. The first-order valence-corrected chi connectivity index (χ1v) is 8.08.